The fourth-order valence-corrected chi connectivity index (χ4v) is 15.9. The van der Waals surface area contributed by atoms with Crippen LogP contribution in [0.1, 0.15) is 71.8 Å². The number of fused-ring (bicyclic) bond motifs is 3. The van der Waals surface area contributed by atoms with Crippen molar-refractivity contribution in [3.05, 3.63) is 152 Å². The van der Waals surface area contributed by atoms with Crippen LogP contribution in [0, 0.1) is 0 Å². The number of benzene rings is 4. The minimum absolute atomic E-state index is 0. The summed E-state index contributed by atoms with van der Waals surface area (Å²) in [6.45, 7) is 4.67. The second-order valence-corrected chi connectivity index (χ2v) is 16.9. The van der Waals surface area contributed by atoms with Crippen LogP contribution >= 0.6 is 0 Å². The Balaban J connectivity index is 0.00000185. The van der Waals surface area contributed by atoms with Crippen LogP contribution in [0.3, 0.4) is 0 Å². The number of rotatable bonds is 8. The van der Waals surface area contributed by atoms with E-state index in [0.717, 1.165) is 0 Å². The summed E-state index contributed by atoms with van der Waals surface area (Å²) in [5.41, 5.74) is 12.2. The molecule has 0 bridgehead atoms. The molecule has 0 aromatic heterocycles. The zero-order chi connectivity index (χ0) is 25.9. The SMILES string of the molecule is CCCC1=C(CCC)C[C]([Zr+2](=[C](c2ccccc2)c2ccccc2)[CH]2c3ccccc3-c3ccccc32)=C1.[Cl-].[Cl-]. The van der Waals surface area contributed by atoms with E-state index in [1.807, 2.05) is 0 Å². The van der Waals surface area contributed by atoms with E-state index in [1.165, 1.54) is 54.4 Å². The second-order valence-electron chi connectivity index (χ2n) is 10.6. The first-order chi connectivity index (χ1) is 18.8. The molecule has 40 heavy (non-hydrogen) atoms. The van der Waals surface area contributed by atoms with Gasteiger partial charge in [-0.25, -0.2) is 0 Å². The predicted molar refractivity (Wildman–Crippen MR) is 159 cm³/mol. The van der Waals surface area contributed by atoms with E-state index in [1.54, 1.807) is 28.8 Å². The molecule has 3 heteroatoms. The molecule has 0 spiro atoms. The van der Waals surface area contributed by atoms with Gasteiger partial charge in [-0.3, -0.25) is 0 Å². The Morgan fingerprint density at radius 2 is 1.10 bits per heavy atom. The average molecular weight is 643 g/mol. The Labute approximate surface area is 260 Å². The number of allylic oxidation sites excluding steroid dienone is 4. The van der Waals surface area contributed by atoms with E-state index in [4.69, 9.17) is 0 Å². The van der Waals surface area contributed by atoms with Gasteiger partial charge in [0.1, 0.15) is 0 Å². The van der Waals surface area contributed by atoms with Crippen LogP contribution in [0.15, 0.2) is 130 Å². The van der Waals surface area contributed by atoms with E-state index >= 15 is 0 Å². The topological polar surface area (TPSA) is 0 Å². The summed E-state index contributed by atoms with van der Waals surface area (Å²) < 4.78 is 3.90. The van der Waals surface area contributed by atoms with E-state index in [0.29, 0.717) is 3.63 Å². The van der Waals surface area contributed by atoms with Crippen molar-refractivity contribution in [3.63, 3.8) is 0 Å². The fraction of sp³-hybridized carbons (Fsp3) is 0.216. The van der Waals surface area contributed by atoms with Crippen LogP contribution in [0.4, 0.5) is 0 Å². The van der Waals surface area contributed by atoms with E-state index in [-0.39, 0.29) is 24.8 Å². The minimum atomic E-state index is -2.62. The maximum absolute atomic E-state index is 2.69. The van der Waals surface area contributed by atoms with Gasteiger partial charge in [0.05, 0.1) is 0 Å². The van der Waals surface area contributed by atoms with Gasteiger partial charge in [0.15, 0.2) is 0 Å². The summed E-state index contributed by atoms with van der Waals surface area (Å²) in [6, 6.07) is 41.2. The predicted octanol–water partition coefficient (Wildman–Crippen LogP) is 3.84. The summed E-state index contributed by atoms with van der Waals surface area (Å²) in [6.07, 6.45) is 8.76. The van der Waals surface area contributed by atoms with Gasteiger partial charge in [0, 0.05) is 0 Å². The molecule has 0 heterocycles. The fourth-order valence-electron chi connectivity index (χ4n) is 6.59. The summed E-state index contributed by atoms with van der Waals surface area (Å²) in [4.78, 5) is 0. The molecule has 4 aromatic rings. The molecule has 4 aromatic carbocycles. The third-order valence-corrected chi connectivity index (χ3v) is 16.3. The zero-order valence-corrected chi connectivity index (χ0v) is 27.3. The van der Waals surface area contributed by atoms with Crippen molar-refractivity contribution in [1.82, 2.24) is 0 Å². The second kappa shape index (κ2) is 14.0. The maximum atomic E-state index is 2.69. The number of hydrogen-bond donors (Lipinski definition) is 0. The van der Waals surface area contributed by atoms with Crippen molar-refractivity contribution in [2.75, 3.05) is 0 Å². The summed E-state index contributed by atoms with van der Waals surface area (Å²) in [5, 5.41) is 0. The minimum Gasteiger partial charge on any atom is -1.00 e. The maximum Gasteiger partial charge on any atom is -1.00 e. The van der Waals surface area contributed by atoms with Gasteiger partial charge >= 0.3 is 237 Å². The Kier molecular flexibility index (Phi) is 10.8. The van der Waals surface area contributed by atoms with Gasteiger partial charge in [-0.05, 0) is 0 Å². The van der Waals surface area contributed by atoms with E-state index < -0.39 is 21.3 Å². The molecule has 0 saturated heterocycles. The molecule has 0 unspecified atom stereocenters. The standard InChI is InChI=1S/C13H9.C13H10.C11H17.2ClH.Zr/c1-3-7-12-10(5-1)9-11-6-2-4-8-13(11)12;1-3-7-12(8-4-1)11-13-9-5-2-6-10-13;1-3-6-10-8-5-9-11(10)7-4-2;;;/h1-9H;1-10H;8H,3-4,6-7,9H2,1-2H3;2*1H;/q;;;;;+2/p-2. The van der Waals surface area contributed by atoms with Crippen LogP contribution in [0.5, 0.6) is 0 Å². The first kappa shape index (κ1) is 30.6. The largest absolute Gasteiger partial charge is 1.00 e. The monoisotopic (exact) mass is 640 g/mol. The van der Waals surface area contributed by atoms with Gasteiger partial charge < -0.3 is 24.8 Å². The van der Waals surface area contributed by atoms with Crippen molar-refractivity contribution < 1.29 is 46.1 Å². The third-order valence-electron chi connectivity index (χ3n) is 8.14. The van der Waals surface area contributed by atoms with Crippen LogP contribution in [0.2, 0.25) is 0 Å². The Morgan fingerprint density at radius 3 is 1.60 bits per heavy atom. The average Bonchev–Trinajstić information content (AvgIpc) is 3.52. The first-order valence-corrected chi connectivity index (χ1v) is 18.1. The van der Waals surface area contributed by atoms with Gasteiger partial charge in [0.25, 0.3) is 0 Å². The summed E-state index contributed by atoms with van der Waals surface area (Å²) in [7, 11) is 0. The molecule has 2 aliphatic rings. The molecule has 6 rings (SSSR count). The zero-order valence-electron chi connectivity index (χ0n) is 23.3. The van der Waals surface area contributed by atoms with Crippen molar-refractivity contribution in [3.8, 4) is 11.1 Å². The first-order valence-electron chi connectivity index (χ1n) is 14.2. The quantitative estimate of drug-likeness (QED) is 0.274. The van der Waals surface area contributed by atoms with Crippen LogP contribution in [-0.2, 0) is 21.3 Å². The summed E-state index contributed by atoms with van der Waals surface area (Å²) >= 11 is -2.62. The van der Waals surface area contributed by atoms with Crippen molar-refractivity contribution in [1.29, 1.82) is 0 Å². The van der Waals surface area contributed by atoms with Crippen molar-refractivity contribution in [2.45, 2.75) is 49.6 Å². The number of hydrogen-bond acceptors (Lipinski definition) is 0. The molecule has 0 amide bonds. The van der Waals surface area contributed by atoms with Gasteiger partial charge in [0.2, 0.25) is 0 Å². The van der Waals surface area contributed by atoms with Gasteiger partial charge in [-0.2, -0.15) is 0 Å². The van der Waals surface area contributed by atoms with Crippen LogP contribution in [0.25, 0.3) is 11.1 Å². The Bertz CT molecular complexity index is 1460. The Hall–Kier alpha value is -2.31. The molecular formula is C37H36Cl2Zr. The molecule has 2 aliphatic carbocycles. The molecule has 0 nitrogen and oxygen atoms in total. The smallest absolute Gasteiger partial charge is 1.00 e. The molecule has 0 saturated carbocycles. The van der Waals surface area contributed by atoms with E-state index in [9.17, 15) is 0 Å². The van der Waals surface area contributed by atoms with Gasteiger partial charge in [-0.15, -0.1) is 0 Å². The van der Waals surface area contributed by atoms with Crippen molar-refractivity contribution in [2.24, 2.45) is 0 Å². The van der Waals surface area contributed by atoms with Crippen molar-refractivity contribution >= 4 is 3.21 Å². The van der Waals surface area contributed by atoms with Crippen LogP contribution in [-0.4, -0.2) is 3.21 Å². The Morgan fingerprint density at radius 1 is 0.625 bits per heavy atom. The molecule has 0 aliphatic heterocycles. The van der Waals surface area contributed by atoms with E-state index in [2.05, 4.69) is 129 Å². The molecular weight excluding hydrogens is 607 g/mol. The molecule has 0 atom stereocenters. The molecule has 202 valence electrons. The third kappa shape index (κ3) is 5.85. The molecule has 0 N–H and O–H groups in total. The number of halogens is 2. The summed E-state index contributed by atoms with van der Waals surface area (Å²) in [5.74, 6) is 0. The van der Waals surface area contributed by atoms with Crippen LogP contribution < -0.4 is 24.8 Å². The normalized spacial score (nSPS) is 13.4. The molecule has 0 fully saturated rings. The van der Waals surface area contributed by atoms with Gasteiger partial charge in [-0.1, -0.05) is 0 Å². The molecule has 0 radical (unpaired) electrons.